The van der Waals surface area contributed by atoms with Crippen LogP contribution < -0.4 is 16.5 Å². The molecule has 1 aromatic carbocycles. The number of hydrazone groups is 1. The summed E-state index contributed by atoms with van der Waals surface area (Å²) in [5.74, 6) is 0.280. The molecule has 0 bridgehead atoms. The molecule has 0 spiro atoms. The zero-order valence-corrected chi connectivity index (χ0v) is 16.8. The Bertz CT molecular complexity index is 1220. The molecule has 0 amide bonds. The van der Waals surface area contributed by atoms with Gasteiger partial charge in [0.1, 0.15) is 5.52 Å². The van der Waals surface area contributed by atoms with Gasteiger partial charge in [0.05, 0.1) is 12.4 Å². The van der Waals surface area contributed by atoms with Gasteiger partial charge >= 0.3 is 11.1 Å². The summed E-state index contributed by atoms with van der Waals surface area (Å²) in [4.78, 5) is 33.8. The van der Waals surface area contributed by atoms with Gasteiger partial charge in [0, 0.05) is 13.1 Å². The minimum atomic E-state index is -0.554. The second-order valence-electron chi connectivity index (χ2n) is 7.59. The van der Waals surface area contributed by atoms with Crippen LogP contribution in [0.5, 0.6) is 0 Å². The quantitative estimate of drug-likeness (QED) is 0.418. The molecule has 2 heterocycles. The van der Waals surface area contributed by atoms with Crippen molar-refractivity contribution in [2.24, 2.45) is 12.1 Å². The largest absolute Gasteiger partial charge is 0.318 e. The highest BCUT2D eigenvalue weighted by atomic mass is 16.2. The van der Waals surface area contributed by atoms with Gasteiger partial charge in [-0.05, 0) is 43.4 Å². The minimum Gasteiger partial charge on any atom is -0.303 e. The lowest BCUT2D eigenvalue weighted by Gasteiger charge is -2.17. The van der Waals surface area contributed by atoms with E-state index in [1.165, 1.54) is 15.7 Å². The van der Waals surface area contributed by atoms with Crippen LogP contribution in [0.4, 0.5) is 5.95 Å². The number of anilines is 1. The van der Waals surface area contributed by atoms with Gasteiger partial charge in [-0.25, -0.2) is 10.4 Å². The molecular weight excluding hydrogens is 368 g/mol. The Morgan fingerprint density at radius 2 is 1.90 bits per heavy atom. The summed E-state index contributed by atoms with van der Waals surface area (Å²) in [6.07, 6.45) is 7.10. The first-order chi connectivity index (χ1) is 14.0. The van der Waals surface area contributed by atoms with Gasteiger partial charge in [-0.2, -0.15) is 10.1 Å². The molecule has 3 aromatic rings. The maximum atomic E-state index is 12.7. The lowest BCUT2D eigenvalue weighted by atomic mass is 10.1. The van der Waals surface area contributed by atoms with Crippen LogP contribution in [-0.2, 0) is 7.05 Å². The van der Waals surface area contributed by atoms with E-state index in [-0.39, 0.29) is 12.0 Å². The Kier molecular flexibility index (Phi) is 5.00. The van der Waals surface area contributed by atoms with Crippen LogP contribution in [0.3, 0.4) is 0 Å². The van der Waals surface area contributed by atoms with Gasteiger partial charge in [0.2, 0.25) is 5.95 Å². The Hall–Kier alpha value is -3.29. The van der Waals surface area contributed by atoms with Crippen LogP contribution in [-0.4, -0.2) is 25.3 Å². The first kappa shape index (κ1) is 19.0. The van der Waals surface area contributed by atoms with Crippen molar-refractivity contribution in [3.63, 3.8) is 0 Å². The van der Waals surface area contributed by atoms with Crippen molar-refractivity contribution in [3.8, 4) is 0 Å². The van der Waals surface area contributed by atoms with E-state index in [0.29, 0.717) is 11.2 Å². The number of hydrogen-bond acceptors (Lipinski definition) is 6. The number of hydrogen-bond donors (Lipinski definition) is 1. The highest BCUT2D eigenvalue weighted by Gasteiger charge is 2.23. The van der Waals surface area contributed by atoms with E-state index in [1.807, 2.05) is 12.1 Å². The summed E-state index contributed by atoms with van der Waals surface area (Å²) in [7, 11) is 1.57. The molecule has 1 N–H and O–H groups in total. The van der Waals surface area contributed by atoms with Crippen LogP contribution in [0.25, 0.3) is 11.2 Å². The summed E-state index contributed by atoms with van der Waals surface area (Å²) in [6.45, 7) is 4.12. The Labute approximate surface area is 167 Å². The zero-order valence-electron chi connectivity index (χ0n) is 16.8. The number of rotatable bonds is 4. The number of fused-ring (bicyclic) bond motifs is 1. The number of nitrogens with one attached hydrogen (secondary N) is 1. The highest BCUT2D eigenvalue weighted by Crippen LogP contribution is 2.29. The standard InChI is InChI=1S/C21H24N6O2/c1-13-8-9-15(10-14(13)2)11-23-25-21-22-12-17-18(24-21)27(16-6-4-5-7-16)20(29)19(28)26(17)3/h8-12,16H,4-7H2,1-3H3,(H,22,24,25)/b23-11+. The average Bonchev–Trinajstić information content (AvgIpc) is 3.23. The van der Waals surface area contributed by atoms with Crippen LogP contribution in [0.2, 0.25) is 0 Å². The van der Waals surface area contributed by atoms with Crippen molar-refractivity contribution in [1.82, 2.24) is 19.1 Å². The smallest absolute Gasteiger partial charge is 0.303 e. The zero-order chi connectivity index (χ0) is 20.5. The van der Waals surface area contributed by atoms with Crippen LogP contribution in [0.15, 0.2) is 39.1 Å². The summed E-state index contributed by atoms with van der Waals surface area (Å²) in [5, 5.41) is 4.22. The molecule has 0 unspecified atom stereocenters. The van der Waals surface area contributed by atoms with E-state index in [1.54, 1.807) is 24.0 Å². The second-order valence-corrected chi connectivity index (χ2v) is 7.59. The number of aryl methyl sites for hydroxylation is 3. The normalized spacial score (nSPS) is 14.9. The molecule has 0 radical (unpaired) electrons. The molecule has 1 aliphatic rings. The second kappa shape index (κ2) is 7.62. The SMILES string of the molecule is Cc1ccc(/C=N/Nc2ncc3c(n2)n(C2CCCC2)c(=O)c(=O)n3C)cc1C. The third-order valence-electron chi connectivity index (χ3n) is 5.64. The maximum absolute atomic E-state index is 12.7. The molecular formula is C21H24N6O2. The van der Waals surface area contributed by atoms with Gasteiger partial charge in [-0.15, -0.1) is 0 Å². The van der Waals surface area contributed by atoms with E-state index in [2.05, 4.69) is 40.4 Å². The molecule has 8 heteroatoms. The first-order valence-electron chi connectivity index (χ1n) is 9.80. The van der Waals surface area contributed by atoms with Gasteiger partial charge in [0.25, 0.3) is 0 Å². The summed E-state index contributed by atoms with van der Waals surface area (Å²) < 4.78 is 2.86. The Balaban J connectivity index is 1.71. The fraction of sp³-hybridized carbons (Fsp3) is 0.381. The van der Waals surface area contributed by atoms with Crippen molar-refractivity contribution in [2.75, 3.05) is 5.43 Å². The van der Waals surface area contributed by atoms with Gasteiger partial charge in [-0.3, -0.25) is 14.2 Å². The molecule has 2 aromatic heterocycles. The fourth-order valence-corrected chi connectivity index (χ4v) is 3.80. The molecule has 4 rings (SSSR count). The summed E-state index contributed by atoms with van der Waals surface area (Å²) in [6, 6.07) is 6.09. The van der Waals surface area contributed by atoms with E-state index in [4.69, 9.17) is 0 Å². The van der Waals surface area contributed by atoms with Crippen molar-refractivity contribution in [3.05, 3.63) is 61.8 Å². The van der Waals surface area contributed by atoms with E-state index >= 15 is 0 Å². The summed E-state index contributed by atoms with van der Waals surface area (Å²) in [5.41, 5.74) is 6.12. The molecule has 0 saturated heterocycles. The predicted octanol–water partition coefficient (Wildman–Crippen LogP) is 2.67. The van der Waals surface area contributed by atoms with Crippen molar-refractivity contribution < 1.29 is 0 Å². The van der Waals surface area contributed by atoms with Crippen LogP contribution in [0.1, 0.15) is 48.4 Å². The molecule has 1 aliphatic carbocycles. The van der Waals surface area contributed by atoms with Crippen molar-refractivity contribution >= 4 is 23.3 Å². The van der Waals surface area contributed by atoms with Crippen molar-refractivity contribution in [2.45, 2.75) is 45.6 Å². The minimum absolute atomic E-state index is 0.000634. The average molecular weight is 392 g/mol. The fourth-order valence-electron chi connectivity index (χ4n) is 3.80. The van der Waals surface area contributed by atoms with Gasteiger partial charge < -0.3 is 4.57 Å². The third-order valence-corrected chi connectivity index (χ3v) is 5.64. The van der Waals surface area contributed by atoms with Crippen LogP contribution in [0, 0.1) is 13.8 Å². The number of aromatic nitrogens is 4. The monoisotopic (exact) mass is 392 g/mol. The number of benzene rings is 1. The first-order valence-corrected chi connectivity index (χ1v) is 9.80. The molecule has 150 valence electrons. The lowest BCUT2D eigenvalue weighted by molar-refractivity contribution is 0.507. The Morgan fingerprint density at radius 1 is 1.14 bits per heavy atom. The molecule has 1 saturated carbocycles. The topological polar surface area (TPSA) is 94.2 Å². The van der Waals surface area contributed by atoms with Crippen LogP contribution >= 0.6 is 0 Å². The van der Waals surface area contributed by atoms with E-state index < -0.39 is 11.1 Å². The molecule has 8 nitrogen and oxygen atoms in total. The molecule has 29 heavy (non-hydrogen) atoms. The molecule has 0 aliphatic heterocycles. The van der Waals surface area contributed by atoms with E-state index in [0.717, 1.165) is 31.2 Å². The van der Waals surface area contributed by atoms with Crippen molar-refractivity contribution in [1.29, 1.82) is 0 Å². The van der Waals surface area contributed by atoms with E-state index in [9.17, 15) is 9.59 Å². The molecule has 0 atom stereocenters. The third kappa shape index (κ3) is 3.57. The highest BCUT2D eigenvalue weighted by molar-refractivity contribution is 5.80. The number of nitrogens with zero attached hydrogens (tertiary/aromatic N) is 5. The Morgan fingerprint density at radius 3 is 2.62 bits per heavy atom. The lowest BCUT2D eigenvalue weighted by Crippen LogP contribution is -2.42. The maximum Gasteiger partial charge on any atom is 0.318 e. The van der Waals surface area contributed by atoms with Gasteiger partial charge in [-0.1, -0.05) is 31.0 Å². The predicted molar refractivity (Wildman–Crippen MR) is 114 cm³/mol. The summed E-state index contributed by atoms with van der Waals surface area (Å²) >= 11 is 0. The van der Waals surface area contributed by atoms with Gasteiger partial charge in [0.15, 0.2) is 5.65 Å². The molecule has 1 fully saturated rings.